The number of carbonyl (C=O) groups excluding carboxylic acids is 1. The van der Waals surface area contributed by atoms with E-state index in [9.17, 15) is 4.79 Å². The molecule has 0 saturated heterocycles. The second-order valence-electron chi connectivity index (χ2n) is 7.11. The summed E-state index contributed by atoms with van der Waals surface area (Å²) in [5, 5.41) is 9.17. The Morgan fingerprint density at radius 2 is 1.76 bits per heavy atom. The maximum atomic E-state index is 11.9. The topological polar surface area (TPSA) is 49.7 Å². The van der Waals surface area contributed by atoms with Gasteiger partial charge in [-0.2, -0.15) is 0 Å². The minimum absolute atomic E-state index is 0.0312. The summed E-state index contributed by atoms with van der Waals surface area (Å²) in [6, 6.07) is 0.376. The fraction of sp³-hybridized carbons (Fsp3) is 0.889. The Bertz CT molecular complexity index is 339. The van der Waals surface area contributed by atoms with Crippen LogP contribution >= 0.6 is 0 Å². The standard InChI is InChI=1S/C18H31NO2/c1-14(21)17(11-15-5-3-2-4-6-15)12-19-18-9-7-16(13-20)8-10-18/h12,15-18,20H,2-11,13H2,1H3. The van der Waals surface area contributed by atoms with Crippen molar-refractivity contribution in [1.29, 1.82) is 0 Å². The van der Waals surface area contributed by atoms with Crippen LogP contribution in [-0.2, 0) is 4.79 Å². The fourth-order valence-corrected chi connectivity index (χ4v) is 3.82. The Balaban J connectivity index is 1.81. The Hall–Kier alpha value is -0.700. The van der Waals surface area contributed by atoms with Crippen LogP contribution in [0, 0.1) is 17.8 Å². The molecule has 2 aliphatic rings. The van der Waals surface area contributed by atoms with Crippen molar-refractivity contribution < 1.29 is 9.90 Å². The van der Waals surface area contributed by atoms with E-state index in [-0.39, 0.29) is 11.7 Å². The van der Waals surface area contributed by atoms with Crippen molar-refractivity contribution in [2.24, 2.45) is 22.7 Å². The van der Waals surface area contributed by atoms with E-state index in [2.05, 4.69) is 0 Å². The van der Waals surface area contributed by atoms with Crippen LogP contribution in [0.3, 0.4) is 0 Å². The first-order valence-electron chi connectivity index (χ1n) is 8.83. The highest BCUT2D eigenvalue weighted by molar-refractivity contribution is 5.93. The highest BCUT2D eigenvalue weighted by Gasteiger charge is 2.23. The van der Waals surface area contributed by atoms with Gasteiger partial charge >= 0.3 is 0 Å². The van der Waals surface area contributed by atoms with Gasteiger partial charge in [0.2, 0.25) is 0 Å². The summed E-state index contributed by atoms with van der Waals surface area (Å²) >= 11 is 0. The molecular weight excluding hydrogens is 262 g/mol. The van der Waals surface area contributed by atoms with E-state index >= 15 is 0 Å². The number of hydrogen-bond donors (Lipinski definition) is 1. The van der Waals surface area contributed by atoms with Crippen LogP contribution in [0.5, 0.6) is 0 Å². The van der Waals surface area contributed by atoms with Crippen LogP contribution in [0.15, 0.2) is 4.99 Å². The maximum Gasteiger partial charge on any atom is 0.138 e. The molecule has 3 heteroatoms. The molecular formula is C18H31NO2. The smallest absolute Gasteiger partial charge is 0.138 e. The molecule has 2 saturated carbocycles. The van der Waals surface area contributed by atoms with Gasteiger partial charge in [-0.15, -0.1) is 0 Å². The van der Waals surface area contributed by atoms with Crippen molar-refractivity contribution >= 4 is 12.0 Å². The lowest BCUT2D eigenvalue weighted by molar-refractivity contribution is -0.119. The lowest BCUT2D eigenvalue weighted by atomic mass is 9.82. The number of aliphatic hydroxyl groups is 1. The molecule has 0 bridgehead atoms. The molecule has 0 aromatic carbocycles. The maximum absolute atomic E-state index is 11.9. The van der Waals surface area contributed by atoms with Gasteiger partial charge in [-0.3, -0.25) is 9.79 Å². The minimum atomic E-state index is 0.0312. The summed E-state index contributed by atoms with van der Waals surface area (Å²) in [6.07, 6.45) is 13.9. The lowest BCUT2D eigenvalue weighted by Crippen LogP contribution is -2.22. The van der Waals surface area contributed by atoms with Gasteiger partial charge in [0.05, 0.1) is 5.92 Å². The van der Waals surface area contributed by atoms with E-state index in [1.807, 2.05) is 6.21 Å². The van der Waals surface area contributed by atoms with Crippen molar-refractivity contribution in [1.82, 2.24) is 0 Å². The van der Waals surface area contributed by atoms with Crippen LogP contribution in [0.1, 0.15) is 71.1 Å². The summed E-state index contributed by atoms with van der Waals surface area (Å²) in [4.78, 5) is 16.6. The number of hydrogen-bond acceptors (Lipinski definition) is 3. The van der Waals surface area contributed by atoms with Gasteiger partial charge in [0.1, 0.15) is 5.78 Å². The number of aliphatic hydroxyl groups excluding tert-OH is 1. The zero-order valence-electron chi connectivity index (χ0n) is 13.5. The van der Waals surface area contributed by atoms with E-state index < -0.39 is 0 Å². The third kappa shape index (κ3) is 5.54. The van der Waals surface area contributed by atoms with Gasteiger partial charge in [-0.1, -0.05) is 32.1 Å². The van der Waals surface area contributed by atoms with Crippen LogP contribution in [0.4, 0.5) is 0 Å². The van der Waals surface area contributed by atoms with Crippen LogP contribution in [-0.4, -0.2) is 29.8 Å². The SMILES string of the molecule is CC(=O)C(C=NC1CCC(CO)CC1)CC1CCCCC1. The molecule has 0 aliphatic heterocycles. The molecule has 2 fully saturated rings. The Labute approximate surface area is 129 Å². The molecule has 0 amide bonds. The zero-order chi connectivity index (χ0) is 15.1. The number of aliphatic imine (C=N–C) groups is 1. The third-order valence-corrected chi connectivity index (χ3v) is 5.39. The van der Waals surface area contributed by atoms with E-state index in [0.29, 0.717) is 18.6 Å². The predicted molar refractivity (Wildman–Crippen MR) is 86.7 cm³/mol. The van der Waals surface area contributed by atoms with Gasteiger partial charge in [-0.05, 0) is 50.9 Å². The molecule has 0 spiro atoms. The molecule has 0 aromatic heterocycles. The molecule has 120 valence electrons. The number of Topliss-reactive ketones (excluding diaryl/α,β-unsaturated/α-hetero) is 1. The Morgan fingerprint density at radius 1 is 1.10 bits per heavy atom. The largest absolute Gasteiger partial charge is 0.396 e. The van der Waals surface area contributed by atoms with E-state index in [0.717, 1.165) is 38.0 Å². The first kappa shape index (κ1) is 16.7. The van der Waals surface area contributed by atoms with E-state index in [1.165, 1.54) is 32.1 Å². The van der Waals surface area contributed by atoms with Crippen molar-refractivity contribution in [2.45, 2.75) is 77.2 Å². The second kappa shape index (κ2) is 8.67. The van der Waals surface area contributed by atoms with Gasteiger partial charge in [-0.25, -0.2) is 0 Å². The van der Waals surface area contributed by atoms with Crippen molar-refractivity contribution in [3.63, 3.8) is 0 Å². The van der Waals surface area contributed by atoms with E-state index in [1.54, 1.807) is 6.92 Å². The van der Waals surface area contributed by atoms with Crippen LogP contribution < -0.4 is 0 Å². The highest BCUT2D eigenvalue weighted by atomic mass is 16.3. The Kier molecular flexibility index (Phi) is 6.88. The molecule has 1 N–H and O–H groups in total. The zero-order valence-corrected chi connectivity index (χ0v) is 13.5. The quantitative estimate of drug-likeness (QED) is 0.758. The van der Waals surface area contributed by atoms with Crippen molar-refractivity contribution in [2.75, 3.05) is 6.61 Å². The average molecular weight is 293 g/mol. The second-order valence-corrected chi connectivity index (χ2v) is 7.11. The summed E-state index contributed by atoms with van der Waals surface area (Å²) < 4.78 is 0. The number of carbonyl (C=O) groups is 1. The van der Waals surface area contributed by atoms with Gasteiger partial charge in [0.15, 0.2) is 0 Å². The first-order chi connectivity index (χ1) is 10.2. The number of rotatable bonds is 6. The molecule has 3 nitrogen and oxygen atoms in total. The van der Waals surface area contributed by atoms with Crippen LogP contribution in [0.25, 0.3) is 0 Å². The van der Waals surface area contributed by atoms with Crippen LogP contribution in [0.2, 0.25) is 0 Å². The summed E-state index contributed by atoms with van der Waals surface area (Å²) in [7, 11) is 0. The monoisotopic (exact) mass is 293 g/mol. The molecule has 2 rings (SSSR count). The summed E-state index contributed by atoms with van der Waals surface area (Å²) in [5.41, 5.74) is 0. The Morgan fingerprint density at radius 3 is 2.33 bits per heavy atom. The molecule has 1 atom stereocenters. The molecule has 0 heterocycles. The predicted octanol–water partition coefficient (Wildman–Crippen LogP) is 3.78. The highest BCUT2D eigenvalue weighted by Crippen LogP contribution is 2.30. The first-order valence-corrected chi connectivity index (χ1v) is 8.83. The molecule has 2 aliphatic carbocycles. The van der Waals surface area contributed by atoms with Crippen molar-refractivity contribution in [3.8, 4) is 0 Å². The van der Waals surface area contributed by atoms with Crippen molar-refractivity contribution in [3.05, 3.63) is 0 Å². The summed E-state index contributed by atoms with van der Waals surface area (Å²) in [6.45, 7) is 2.02. The molecule has 1 unspecified atom stereocenters. The lowest BCUT2D eigenvalue weighted by Gasteiger charge is -2.26. The minimum Gasteiger partial charge on any atom is -0.396 e. The number of nitrogens with zero attached hydrogens (tertiary/aromatic N) is 1. The van der Waals surface area contributed by atoms with Gasteiger partial charge in [0.25, 0.3) is 0 Å². The third-order valence-electron chi connectivity index (χ3n) is 5.39. The van der Waals surface area contributed by atoms with E-state index in [4.69, 9.17) is 10.1 Å². The molecule has 0 radical (unpaired) electrons. The molecule has 0 aromatic rings. The number of ketones is 1. The van der Waals surface area contributed by atoms with Gasteiger partial charge < -0.3 is 5.11 Å². The fourth-order valence-electron chi connectivity index (χ4n) is 3.82. The average Bonchev–Trinajstić information content (AvgIpc) is 2.52. The molecule has 21 heavy (non-hydrogen) atoms. The van der Waals surface area contributed by atoms with Gasteiger partial charge in [0, 0.05) is 18.9 Å². The summed E-state index contributed by atoms with van der Waals surface area (Å²) in [5.74, 6) is 1.50. The normalized spacial score (nSPS) is 29.6.